The molecule has 1 aliphatic heterocycles. The van der Waals surface area contributed by atoms with Crippen molar-refractivity contribution in [3.05, 3.63) is 48.0 Å². The smallest absolute Gasteiger partial charge is 0.0250 e. The molecule has 1 N–H and O–H groups in total. The third-order valence-electron chi connectivity index (χ3n) is 5.52. The van der Waals surface area contributed by atoms with Crippen molar-refractivity contribution in [1.29, 1.82) is 0 Å². The fraction of sp³-hybridized carbons (Fsp3) is 0.500. The summed E-state index contributed by atoms with van der Waals surface area (Å²) in [5.41, 5.74) is 1.91. The predicted octanol–water partition coefficient (Wildman–Crippen LogP) is 4.69. The van der Waals surface area contributed by atoms with Crippen molar-refractivity contribution in [2.24, 2.45) is 5.92 Å². The van der Waals surface area contributed by atoms with E-state index in [1.165, 1.54) is 67.8 Å². The summed E-state index contributed by atoms with van der Waals surface area (Å²) in [5.74, 6) is 0.912. The van der Waals surface area contributed by atoms with E-state index in [1.807, 2.05) is 0 Å². The van der Waals surface area contributed by atoms with E-state index in [1.54, 1.807) is 0 Å². The van der Waals surface area contributed by atoms with Gasteiger partial charge in [0, 0.05) is 5.54 Å². The fourth-order valence-electron chi connectivity index (χ4n) is 4.23. The highest BCUT2D eigenvalue weighted by molar-refractivity contribution is 5.85. The number of hydrogen-bond donors (Lipinski definition) is 1. The molecule has 21 heavy (non-hydrogen) atoms. The van der Waals surface area contributed by atoms with Crippen molar-refractivity contribution in [2.75, 3.05) is 6.54 Å². The van der Waals surface area contributed by atoms with Gasteiger partial charge in [-0.15, -0.1) is 0 Å². The molecule has 0 amide bonds. The molecule has 1 aliphatic carbocycles. The van der Waals surface area contributed by atoms with E-state index >= 15 is 0 Å². The molecule has 0 radical (unpaired) electrons. The van der Waals surface area contributed by atoms with Gasteiger partial charge in [0.05, 0.1) is 0 Å². The summed E-state index contributed by atoms with van der Waals surface area (Å²) in [6, 6.07) is 15.7. The predicted molar refractivity (Wildman–Crippen MR) is 89.6 cm³/mol. The Labute approximate surface area is 127 Å². The minimum Gasteiger partial charge on any atom is -0.311 e. The summed E-state index contributed by atoms with van der Waals surface area (Å²) in [4.78, 5) is 0. The molecule has 1 atom stereocenters. The summed E-state index contributed by atoms with van der Waals surface area (Å²) in [6.07, 6.45) is 9.57. The van der Waals surface area contributed by atoms with Crippen molar-refractivity contribution < 1.29 is 0 Å². The first-order valence-electron chi connectivity index (χ1n) is 8.59. The monoisotopic (exact) mass is 279 g/mol. The zero-order valence-electron chi connectivity index (χ0n) is 12.8. The van der Waals surface area contributed by atoms with Gasteiger partial charge in [-0.2, -0.15) is 0 Å². The molecule has 1 saturated heterocycles. The van der Waals surface area contributed by atoms with Gasteiger partial charge in [0.1, 0.15) is 0 Å². The second-order valence-electron chi connectivity index (χ2n) is 6.98. The van der Waals surface area contributed by atoms with E-state index in [2.05, 4.69) is 47.8 Å². The molecule has 2 fully saturated rings. The maximum Gasteiger partial charge on any atom is 0.0250 e. The summed E-state index contributed by atoms with van der Waals surface area (Å²) >= 11 is 0. The molecule has 1 unspecified atom stereocenters. The van der Waals surface area contributed by atoms with E-state index in [0.29, 0.717) is 5.54 Å². The number of nitrogens with one attached hydrogen (secondary N) is 1. The molecule has 110 valence electrons. The van der Waals surface area contributed by atoms with Crippen LogP contribution in [0.25, 0.3) is 10.8 Å². The van der Waals surface area contributed by atoms with Crippen LogP contribution < -0.4 is 5.32 Å². The van der Waals surface area contributed by atoms with Crippen molar-refractivity contribution >= 4 is 10.8 Å². The molecule has 1 heterocycles. The van der Waals surface area contributed by atoms with Crippen LogP contribution >= 0.6 is 0 Å². The third kappa shape index (κ3) is 2.60. The first-order valence-corrected chi connectivity index (χ1v) is 8.59. The molecular weight excluding hydrogens is 254 g/mol. The van der Waals surface area contributed by atoms with Crippen molar-refractivity contribution in [2.45, 2.75) is 50.5 Å². The van der Waals surface area contributed by atoms with Crippen LogP contribution in [0.15, 0.2) is 42.5 Å². The largest absolute Gasteiger partial charge is 0.311 e. The minimum absolute atomic E-state index is 0.376. The number of benzene rings is 2. The quantitative estimate of drug-likeness (QED) is 0.859. The van der Waals surface area contributed by atoms with Gasteiger partial charge in [-0.25, -0.2) is 0 Å². The second-order valence-corrected chi connectivity index (χ2v) is 6.98. The van der Waals surface area contributed by atoms with Crippen molar-refractivity contribution in [3.63, 3.8) is 0 Å². The highest BCUT2D eigenvalue weighted by Crippen LogP contribution is 2.45. The Bertz CT molecular complexity index is 613. The van der Waals surface area contributed by atoms with E-state index < -0.39 is 0 Å². The lowest BCUT2D eigenvalue weighted by atomic mass is 9.81. The molecule has 0 aromatic heterocycles. The molecule has 1 heteroatoms. The standard InChI is InChI=1S/C20H25N/c1-4-13-20(18-11-12-18,21-14-5-1)15-17-9-6-8-16-7-2-3-10-19(16)17/h2-3,6-10,18,21H,1,4-5,11-15H2. The Morgan fingerprint density at radius 3 is 2.71 bits per heavy atom. The van der Waals surface area contributed by atoms with Gasteiger partial charge in [0.15, 0.2) is 0 Å². The summed E-state index contributed by atoms with van der Waals surface area (Å²) in [5, 5.41) is 6.80. The minimum atomic E-state index is 0.376. The molecule has 2 aliphatic rings. The van der Waals surface area contributed by atoms with Crippen molar-refractivity contribution in [3.8, 4) is 0 Å². The zero-order valence-corrected chi connectivity index (χ0v) is 12.8. The molecule has 0 spiro atoms. The van der Waals surface area contributed by atoms with Crippen LogP contribution in [0.3, 0.4) is 0 Å². The first-order chi connectivity index (χ1) is 10.4. The zero-order chi connectivity index (χ0) is 14.1. The van der Waals surface area contributed by atoms with Crippen LogP contribution in [-0.4, -0.2) is 12.1 Å². The van der Waals surface area contributed by atoms with Gasteiger partial charge in [0.2, 0.25) is 0 Å². The number of fused-ring (bicyclic) bond motifs is 1. The lowest BCUT2D eigenvalue weighted by Crippen LogP contribution is -2.48. The molecule has 0 bridgehead atoms. The number of hydrogen-bond acceptors (Lipinski definition) is 1. The van der Waals surface area contributed by atoms with Crippen LogP contribution in [0.5, 0.6) is 0 Å². The highest BCUT2D eigenvalue weighted by atomic mass is 15.0. The van der Waals surface area contributed by atoms with Crippen LogP contribution in [-0.2, 0) is 6.42 Å². The van der Waals surface area contributed by atoms with Crippen LogP contribution in [0, 0.1) is 5.92 Å². The molecule has 1 nitrogen and oxygen atoms in total. The van der Waals surface area contributed by atoms with E-state index in [9.17, 15) is 0 Å². The fourth-order valence-corrected chi connectivity index (χ4v) is 4.23. The number of rotatable bonds is 3. The topological polar surface area (TPSA) is 12.0 Å². The van der Waals surface area contributed by atoms with E-state index in [4.69, 9.17) is 0 Å². The maximum atomic E-state index is 3.97. The highest BCUT2D eigenvalue weighted by Gasteiger charge is 2.44. The van der Waals surface area contributed by atoms with Gasteiger partial charge >= 0.3 is 0 Å². The lowest BCUT2D eigenvalue weighted by molar-refractivity contribution is 0.271. The molecular formula is C20H25N. The Morgan fingerprint density at radius 1 is 0.952 bits per heavy atom. The Hall–Kier alpha value is -1.34. The van der Waals surface area contributed by atoms with Gasteiger partial charge in [-0.3, -0.25) is 0 Å². The van der Waals surface area contributed by atoms with Crippen molar-refractivity contribution in [1.82, 2.24) is 5.32 Å². The Morgan fingerprint density at radius 2 is 1.81 bits per heavy atom. The van der Waals surface area contributed by atoms with Gasteiger partial charge < -0.3 is 5.32 Å². The van der Waals surface area contributed by atoms with Crippen LogP contribution in [0.2, 0.25) is 0 Å². The maximum absolute atomic E-state index is 3.97. The van der Waals surface area contributed by atoms with Gasteiger partial charge in [-0.05, 0) is 60.9 Å². The average Bonchev–Trinajstić information content (AvgIpc) is 3.35. The Kier molecular flexibility index (Phi) is 3.46. The SMILES string of the molecule is c1ccc2c(CC3(C4CC4)CCCCCN3)cccc2c1. The molecule has 4 rings (SSSR count). The first kappa shape index (κ1) is 13.3. The lowest BCUT2D eigenvalue weighted by Gasteiger charge is -2.35. The average molecular weight is 279 g/mol. The summed E-state index contributed by atoms with van der Waals surface area (Å²) in [6.45, 7) is 1.21. The van der Waals surface area contributed by atoms with E-state index in [-0.39, 0.29) is 0 Å². The summed E-state index contributed by atoms with van der Waals surface area (Å²) < 4.78 is 0. The molecule has 2 aromatic carbocycles. The van der Waals surface area contributed by atoms with Crippen LogP contribution in [0.1, 0.15) is 44.1 Å². The normalized spacial score (nSPS) is 26.7. The van der Waals surface area contributed by atoms with Gasteiger partial charge in [-0.1, -0.05) is 55.3 Å². The molecule has 1 saturated carbocycles. The Balaban J connectivity index is 1.71. The van der Waals surface area contributed by atoms with E-state index in [0.717, 1.165) is 5.92 Å². The summed E-state index contributed by atoms with van der Waals surface area (Å²) in [7, 11) is 0. The molecule has 2 aromatic rings. The third-order valence-corrected chi connectivity index (χ3v) is 5.52. The second kappa shape index (κ2) is 5.46. The van der Waals surface area contributed by atoms with Crippen LogP contribution in [0.4, 0.5) is 0 Å². The van der Waals surface area contributed by atoms with Gasteiger partial charge in [0.25, 0.3) is 0 Å².